The Labute approximate surface area is 93.2 Å². The van der Waals surface area contributed by atoms with Gasteiger partial charge in [-0.25, -0.2) is 0 Å². The Morgan fingerprint density at radius 3 is 2.62 bits per heavy atom. The Hall–Kier alpha value is -1.59. The lowest BCUT2D eigenvalue weighted by Gasteiger charge is -2.24. The summed E-state index contributed by atoms with van der Waals surface area (Å²) < 4.78 is 10.7. The molecule has 1 aliphatic heterocycles. The summed E-state index contributed by atoms with van der Waals surface area (Å²) in [6.07, 6.45) is -1.75. The van der Waals surface area contributed by atoms with Gasteiger partial charge in [-0.1, -0.05) is 18.2 Å². The minimum Gasteiger partial charge on any atom is -0.530 e. The van der Waals surface area contributed by atoms with Crippen LogP contribution in [0, 0.1) is 0 Å². The van der Waals surface area contributed by atoms with Crippen molar-refractivity contribution in [3.8, 4) is 0 Å². The molecule has 0 spiro atoms. The molecule has 5 heteroatoms. The van der Waals surface area contributed by atoms with Crippen LogP contribution >= 0.6 is 0 Å². The number of carboxylic acid groups (broad SMARTS) is 1. The van der Waals surface area contributed by atoms with Crippen molar-refractivity contribution in [2.45, 2.75) is 6.29 Å². The zero-order chi connectivity index (χ0) is 11.5. The summed E-state index contributed by atoms with van der Waals surface area (Å²) in [5, 5.41) is 10.8. The van der Waals surface area contributed by atoms with E-state index in [-0.39, 0.29) is 0 Å². The van der Waals surface area contributed by atoms with Crippen molar-refractivity contribution in [3.63, 3.8) is 0 Å². The number of ether oxygens (including phenoxy) is 2. The highest BCUT2D eigenvalue weighted by Gasteiger charge is 2.22. The van der Waals surface area contributed by atoms with Crippen LogP contribution in [-0.4, -0.2) is 26.4 Å². The third kappa shape index (κ3) is 2.00. The molecule has 2 rings (SSSR count). The maximum absolute atomic E-state index is 10.8. The number of nitrogens with zero attached hydrogens (tertiary/aromatic N) is 1. The zero-order valence-electron chi connectivity index (χ0n) is 8.88. The van der Waals surface area contributed by atoms with E-state index in [2.05, 4.69) is 0 Å². The van der Waals surface area contributed by atoms with Gasteiger partial charge in [-0.15, -0.1) is 0 Å². The molecule has 0 radical (unpaired) electrons. The van der Waals surface area contributed by atoms with Crippen molar-refractivity contribution in [2.24, 2.45) is 0 Å². The van der Waals surface area contributed by atoms with Gasteiger partial charge in [-0.05, 0) is 6.07 Å². The number of carbonyl (C=O) groups is 1. The maximum atomic E-state index is 10.8. The van der Waals surface area contributed by atoms with Gasteiger partial charge < -0.3 is 24.3 Å². The first-order valence-corrected chi connectivity index (χ1v) is 4.97. The van der Waals surface area contributed by atoms with Gasteiger partial charge in [0.15, 0.2) is 6.29 Å². The average Bonchev–Trinajstić information content (AvgIpc) is 2.81. The molecule has 16 heavy (non-hydrogen) atoms. The number of amides is 1. The van der Waals surface area contributed by atoms with E-state index in [1.807, 2.05) is 6.07 Å². The number of carbonyl (C=O) groups excluding carboxylic acids is 1. The molecule has 0 bridgehead atoms. The first kappa shape index (κ1) is 10.9. The lowest BCUT2D eigenvalue weighted by Crippen LogP contribution is -2.39. The van der Waals surface area contributed by atoms with Gasteiger partial charge in [0.1, 0.15) is 6.09 Å². The lowest BCUT2D eigenvalue weighted by atomic mass is 10.1. The second kappa shape index (κ2) is 4.51. The lowest BCUT2D eigenvalue weighted by molar-refractivity contribution is -0.246. The van der Waals surface area contributed by atoms with E-state index in [4.69, 9.17) is 9.47 Å². The summed E-state index contributed by atoms with van der Waals surface area (Å²) in [5.41, 5.74) is 1.22. The van der Waals surface area contributed by atoms with Crippen molar-refractivity contribution in [1.29, 1.82) is 0 Å². The van der Waals surface area contributed by atoms with Crippen molar-refractivity contribution in [1.82, 2.24) is 0 Å². The van der Waals surface area contributed by atoms with Crippen molar-refractivity contribution < 1.29 is 19.4 Å². The summed E-state index contributed by atoms with van der Waals surface area (Å²) in [6, 6.07) is 7.04. The highest BCUT2D eigenvalue weighted by molar-refractivity contribution is 5.84. The molecule has 0 atom stereocenters. The molecule has 0 aromatic heterocycles. The second-order valence-corrected chi connectivity index (χ2v) is 3.46. The molecule has 0 N–H and O–H groups in total. The van der Waals surface area contributed by atoms with E-state index in [0.717, 1.165) is 4.90 Å². The number of hydrogen-bond donors (Lipinski definition) is 0. The maximum Gasteiger partial charge on any atom is 0.186 e. The molecule has 1 fully saturated rings. The third-order valence-corrected chi connectivity index (χ3v) is 2.45. The van der Waals surface area contributed by atoms with Crippen LogP contribution in [0.2, 0.25) is 0 Å². The van der Waals surface area contributed by atoms with Crippen LogP contribution in [0.15, 0.2) is 24.3 Å². The number of para-hydroxylation sites is 1. The van der Waals surface area contributed by atoms with Crippen LogP contribution in [0.1, 0.15) is 11.9 Å². The van der Waals surface area contributed by atoms with Crippen molar-refractivity contribution in [3.05, 3.63) is 29.8 Å². The second-order valence-electron chi connectivity index (χ2n) is 3.46. The van der Waals surface area contributed by atoms with Crippen LogP contribution in [0.25, 0.3) is 0 Å². The molecule has 1 saturated heterocycles. The molecular formula is C11H12NO4-. The number of anilines is 1. The summed E-state index contributed by atoms with van der Waals surface area (Å²) in [7, 11) is 1.43. The van der Waals surface area contributed by atoms with E-state index >= 15 is 0 Å². The topological polar surface area (TPSA) is 61.8 Å². The van der Waals surface area contributed by atoms with Crippen LogP contribution in [-0.2, 0) is 9.47 Å². The molecule has 86 valence electrons. The largest absolute Gasteiger partial charge is 0.530 e. The van der Waals surface area contributed by atoms with Crippen LogP contribution < -0.4 is 10.0 Å². The third-order valence-electron chi connectivity index (χ3n) is 2.45. The van der Waals surface area contributed by atoms with Gasteiger partial charge >= 0.3 is 0 Å². The molecule has 0 aliphatic carbocycles. The van der Waals surface area contributed by atoms with E-state index in [1.165, 1.54) is 7.05 Å². The van der Waals surface area contributed by atoms with Gasteiger partial charge in [0.05, 0.1) is 18.9 Å². The van der Waals surface area contributed by atoms with E-state index in [1.54, 1.807) is 18.2 Å². The summed E-state index contributed by atoms with van der Waals surface area (Å²) in [4.78, 5) is 11.8. The SMILES string of the molecule is CN(C(=O)[O-])c1ccccc1C1OCCO1. The molecular weight excluding hydrogens is 210 g/mol. The smallest absolute Gasteiger partial charge is 0.186 e. The summed E-state index contributed by atoms with van der Waals surface area (Å²) in [6.45, 7) is 1.04. The Kier molecular flexibility index (Phi) is 3.07. The first-order valence-electron chi connectivity index (χ1n) is 4.97. The van der Waals surface area contributed by atoms with Crippen LogP contribution in [0.3, 0.4) is 0 Å². The van der Waals surface area contributed by atoms with Gasteiger partial charge in [-0.3, -0.25) is 0 Å². The first-order chi connectivity index (χ1) is 7.70. The Balaban J connectivity index is 2.33. The highest BCUT2D eigenvalue weighted by atomic mass is 16.7. The monoisotopic (exact) mass is 222 g/mol. The molecule has 1 aromatic rings. The Morgan fingerprint density at radius 1 is 1.38 bits per heavy atom. The number of benzene rings is 1. The van der Waals surface area contributed by atoms with Gasteiger partial charge in [0.25, 0.3) is 0 Å². The van der Waals surface area contributed by atoms with E-state index in [9.17, 15) is 9.90 Å². The normalized spacial score (nSPS) is 16.3. The average molecular weight is 222 g/mol. The van der Waals surface area contributed by atoms with Gasteiger partial charge in [-0.2, -0.15) is 0 Å². The molecule has 1 amide bonds. The number of rotatable bonds is 2. The fourth-order valence-corrected chi connectivity index (χ4v) is 1.63. The molecule has 1 aromatic carbocycles. The predicted molar refractivity (Wildman–Crippen MR) is 54.9 cm³/mol. The van der Waals surface area contributed by atoms with Crippen molar-refractivity contribution >= 4 is 11.8 Å². The van der Waals surface area contributed by atoms with Gasteiger partial charge in [0, 0.05) is 12.6 Å². The van der Waals surface area contributed by atoms with Gasteiger partial charge in [0.2, 0.25) is 0 Å². The summed E-state index contributed by atoms with van der Waals surface area (Å²) in [5.74, 6) is 0. The minimum atomic E-state index is -1.26. The zero-order valence-corrected chi connectivity index (χ0v) is 8.88. The van der Waals surface area contributed by atoms with Crippen LogP contribution in [0.4, 0.5) is 10.5 Å². The molecule has 0 unspecified atom stereocenters. The highest BCUT2D eigenvalue weighted by Crippen LogP contribution is 2.31. The van der Waals surface area contributed by atoms with E-state index in [0.29, 0.717) is 24.5 Å². The number of hydrogen-bond acceptors (Lipinski definition) is 4. The van der Waals surface area contributed by atoms with Crippen molar-refractivity contribution in [2.75, 3.05) is 25.2 Å². The standard InChI is InChI=1S/C11H13NO4/c1-12(11(13)14)9-5-3-2-4-8(9)10-15-6-7-16-10/h2-5,10H,6-7H2,1H3,(H,13,14)/p-1. The molecule has 1 heterocycles. The fourth-order valence-electron chi connectivity index (χ4n) is 1.63. The van der Waals surface area contributed by atoms with Crippen LogP contribution in [0.5, 0.6) is 0 Å². The minimum absolute atomic E-state index is 0.488. The van der Waals surface area contributed by atoms with E-state index < -0.39 is 12.4 Å². The fraction of sp³-hybridized carbons (Fsp3) is 0.364. The Morgan fingerprint density at radius 2 is 2.00 bits per heavy atom. The molecule has 5 nitrogen and oxygen atoms in total. The molecule has 0 saturated carbocycles. The Bertz CT molecular complexity index is 387. The predicted octanol–water partition coefficient (Wildman–Crippen LogP) is 0.511. The molecule has 1 aliphatic rings. The summed E-state index contributed by atoms with van der Waals surface area (Å²) >= 11 is 0. The quantitative estimate of drug-likeness (QED) is 0.731.